The number of amides is 2. The lowest BCUT2D eigenvalue weighted by Crippen LogP contribution is -2.32. The summed E-state index contributed by atoms with van der Waals surface area (Å²) < 4.78 is 4.64. The molecule has 0 aromatic carbocycles. The number of carbonyl (C=O) groups is 2. The van der Waals surface area contributed by atoms with Crippen LogP contribution in [0.4, 0.5) is 4.79 Å². The van der Waals surface area contributed by atoms with Crippen LogP contribution in [-0.2, 0) is 9.53 Å². The maximum Gasteiger partial charge on any atom is 0.312 e. The predicted molar refractivity (Wildman–Crippen MR) is 42.2 cm³/mol. The maximum atomic E-state index is 10.6. The minimum Gasteiger partial charge on any atom is -0.464 e. The van der Waals surface area contributed by atoms with E-state index in [1.165, 1.54) is 0 Å². The van der Waals surface area contributed by atoms with Crippen molar-refractivity contribution < 1.29 is 14.3 Å². The van der Waals surface area contributed by atoms with E-state index >= 15 is 0 Å². The van der Waals surface area contributed by atoms with Gasteiger partial charge in [0, 0.05) is 6.54 Å². The summed E-state index contributed by atoms with van der Waals surface area (Å²) in [4.78, 5) is 20.8. The van der Waals surface area contributed by atoms with Crippen molar-refractivity contribution in [1.82, 2.24) is 5.32 Å². The molecule has 0 aromatic rings. The van der Waals surface area contributed by atoms with Crippen molar-refractivity contribution in [2.75, 3.05) is 19.7 Å². The molecular formula is C6H13N3O3. The Kier molecular flexibility index (Phi) is 5.72. The Morgan fingerprint density at radius 2 is 2.08 bits per heavy atom. The molecule has 0 aromatic heterocycles. The summed E-state index contributed by atoms with van der Waals surface area (Å²) in [5.74, 6) is -0.372. The molecule has 0 fully saturated rings. The summed E-state index contributed by atoms with van der Waals surface area (Å²) in [6.45, 7) is 0.621. The summed E-state index contributed by atoms with van der Waals surface area (Å²) in [5, 5.41) is 2.27. The Bertz CT molecular complexity index is 160. The number of esters is 1. The van der Waals surface area contributed by atoms with Crippen LogP contribution in [-0.4, -0.2) is 31.7 Å². The fourth-order valence-corrected chi connectivity index (χ4v) is 0.529. The van der Waals surface area contributed by atoms with Gasteiger partial charge in [0.2, 0.25) is 0 Å². The Labute approximate surface area is 70.2 Å². The zero-order valence-electron chi connectivity index (χ0n) is 6.71. The molecule has 5 N–H and O–H groups in total. The molecule has 6 nitrogen and oxygen atoms in total. The van der Waals surface area contributed by atoms with Crippen molar-refractivity contribution in [3.05, 3.63) is 0 Å². The first-order valence-corrected chi connectivity index (χ1v) is 3.56. The highest BCUT2D eigenvalue weighted by Crippen LogP contribution is 1.81. The number of urea groups is 1. The van der Waals surface area contributed by atoms with Crippen LogP contribution in [0.5, 0.6) is 0 Å². The smallest absolute Gasteiger partial charge is 0.312 e. The third-order valence-corrected chi connectivity index (χ3v) is 1.01. The van der Waals surface area contributed by atoms with Crippen molar-refractivity contribution in [3.63, 3.8) is 0 Å². The zero-order chi connectivity index (χ0) is 9.40. The van der Waals surface area contributed by atoms with Gasteiger partial charge < -0.3 is 21.5 Å². The van der Waals surface area contributed by atoms with Gasteiger partial charge in [0.05, 0.1) is 13.0 Å². The SMILES string of the molecule is NCCC(=O)OCCNC(N)=O. The number of ether oxygens (including phenoxy) is 1. The molecule has 0 rings (SSSR count). The summed E-state index contributed by atoms with van der Waals surface area (Å²) >= 11 is 0. The largest absolute Gasteiger partial charge is 0.464 e. The number of nitrogens with one attached hydrogen (secondary N) is 1. The molecule has 6 heteroatoms. The Balaban J connectivity index is 3.19. The highest BCUT2D eigenvalue weighted by atomic mass is 16.5. The van der Waals surface area contributed by atoms with Gasteiger partial charge in [-0.25, -0.2) is 4.79 Å². The van der Waals surface area contributed by atoms with Gasteiger partial charge in [0.25, 0.3) is 0 Å². The Morgan fingerprint density at radius 3 is 2.58 bits per heavy atom. The molecule has 0 aliphatic heterocycles. The van der Waals surface area contributed by atoms with E-state index in [2.05, 4.69) is 10.1 Å². The lowest BCUT2D eigenvalue weighted by Gasteiger charge is -2.03. The molecule has 0 unspecified atom stereocenters. The quantitative estimate of drug-likeness (QED) is 0.351. The Morgan fingerprint density at radius 1 is 1.42 bits per heavy atom. The number of hydrogen-bond donors (Lipinski definition) is 3. The fraction of sp³-hybridized carbons (Fsp3) is 0.667. The standard InChI is InChI=1S/C6H13N3O3/c7-2-1-5(10)12-4-3-9-6(8)11/h1-4,7H2,(H3,8,9,11). The molecule has 0 bridgehead atoms. The first-order chi connectivity index (χ1) is 5.66. The van der Waals surface area contributed by atoms with Crippen molar-refractivity contribution in [1.29, 1.82) is 0 Å². The van der Waals surface area contributed by atoms with E-state index in [-0.39, 0.29) is 32.1 Å². The summed E-state index contributed by atoms with van der Waals surface area (Å²) in [7, 11) is 0. The topological polar surface area (TPSA) is 107 Å². The molecule has 0 radical (unpaired) electrons. The predicted octanol–water partition coefficient (Wildman–Crippen LogP) is -1.45. The number of hydrogen-bond acceptors (Lipinski definition) is 4. The van der Waals surface area contributed by atoms with Gasteiger partial charge in [-0.15, -0.1) is 0 Å². The Hall–Kier alpha value is -1.30. The van der Waals surface area contributed by atoms with Gasteiger partial charge in [0.15, 0.2) is 0 Å². The molecular weight excluding hydrogens is 162 g/mol. The lowest BCUT2D eigenvalue weighted by molar-refractivity contribution is -0.143. The molecule has 2 amide bonds. The molecule has 0 spiro atoms. The van der Waals surface area contributed by atoms with E-state index < -0.39 is 6.03 Å². The van der Waals surface area contributed by atoms with Gasteiger partial charge in [0.1, 0.15) is 6.61 Å². The lowest BCUT2D eigenvalue weighted by atomic mass is 10.4. The second-order valence-corrected chi connectivity index (χ2v) is 2.05. The average Bonchev–Trinajstić information content (AvgIpc) is 1.98. The minimum absolute atomic E-state index is 0.127. The molecule has 0 saturated carbocycles. The van der Waals surface area contributed by atoms with Crippen LogP contribution < -0.4 is 16.8 Å². The monoisotopic (exact) mass is 175 g/mol. The van der Waals surface area contributed by atoms with Crippen LogP contribution in [0.2, 0.25) is 0 Å². The van der Waals surface area contributed by atoms with Crippen LogP contribution >= 0.6 is 0 Å². The van der Waals surface area contributed by atoms with E-state index in [0.29, 0.717) is 0 Å². The molecule has 12 heavy (non-hydrogen) atoms. The molecule has 0 atom stereocenters. The van der Waals surface area contributed by atoms with E-state index in [0.717, 1.165) is 0 Å². The second kappa shape index (κ2) is 6.41. The third-order valence-electron chi connectivity index (χ3n) is 1.01. The summed E-state index contributed by atoms with van der Waals surface area (Å²) in [5.41, 5.74) is 9.85. The number of rotatable bonds is 5. The normalized spacial score (nSPS) is 9.08. The highest BCUT2D eigenvalue weighted by Gasteiger charge is 1.99. The average molecular weight is 175 g/mol. The van der Waals surface area contributed by atoms with Crippen LogP contribution in [0.25, 0.3) is 0 Å². The van der Waals surface area contributed by atoms with Gasteiger partial charge in [-0.3, -0.25) is 4.79 Å². The van der Waals surface area contributed by atoms with Crippen molar-refractivity contribution in [3.8, 4) is 0 Å². The first kappa shape index (κ1) is 10.7. The van der Waals surface area contributed by atoms with Gasteiger partial charge in [-0.05, 0) is 0 Å². The second-order valence-electron chi connectivity index (χ2n) is 2.05. The van der Waals surface area contributed by atoms with Crippen molar-refractivity contribution in [2.24, 2.45) is 11.5 Å². The molecule has 0 aliphatic rings. The van der Waals surface area contributed by atoms with Crippen molar-refractivity contribution in [2.45, 2.75) is 6.42 Å². The zero-order valence-corrected chi connectivity index (χ0v) is 6.71. The van der Waals surface area contributed by atoms with E-state index in [4.69, 9.17) is 11.5 Å². The first-order valence-electron chi connectivity index (χ1n) is 3.56. The molecule has 0 aliphatic carbocycles. The summed E-state index contributed by atoms with van der Waals surface area (Å²) in [6.07, 6.45) is 0.191. The van der Waals surface area contributed by atoms with E-state index in [1.807, 2.05) is 0 Å². The van der Waals surface area contributed by atoms with E-state index in [1.54, 1.807) is 0 Å². The van der Waals surface area contributed by atoms with Gasteiger partial charge in [-0.2, -0.15) is 0 Å². The van der Waals surface area contributed by atoms with Crippen LogP contribution in [0, 0.1) is 0 Å². The van der Waals surface area contributed by atoms with Crippen LogP contribution in [0.15, 0.2) is 0 Å². The molecule has 70 valence electrons. The number of nitrogens with two attached hydrogens (primary N) is 2. The van der Waals surface area contributed by atoms with Crippen LogP contribution in [0.1, 0.15) is 6.42 Å². The molecule has 0 saturated heterocycles. The van der Waals surface area contributed by atoms with Gasteiger partial charge in [-0.1, -0.05) is 0 Å². The minimum atomic E-state index is -0.634. The highest BCUT2D eigenvalue weighted by molar-refractivity contribution is 5.71. The van der Waals surface area contributed by atoms with Crippen LogP contribution in [0.3, 0.4) is 0 Å². The van der Waals surface area contributed by atoms with Crippen molar-refractivity contribution >= 4 is 12.0 Å². The van der Waals surface area contributed by atoms with Gasteiger partial charge >= 0.3 is 12.0 Å². The maximum absolute atomic E-state index is 10.6. The summed E-state index contributed by atoms with van der Waals surface area (Å²) in [6, 6.07) is -0.634. The van der Waals surface area contributed by atoms with E-state index in [9.17, 15) is 9.59 Å². The number of carbonyl (C=O) groups excluding carboxylic acids is 2. The number of primary amides is 1. The fourth-order valence-electron chi connectivity index (χ4n) is 0.529. The third kappa shape index (κ3) is 6.81. The molecule has 0 heterocycles.